The van der Waals surface area contributed by atoms with E-state index < -0.39 is 5.97 Å². The normalized spacial score (nSPS) is 10.9. The van der Waals surface area contributed by atoms with Crippen molar-refractivity contribution in [3.05, 3.63) is 64.5 Å². The summed E-state index contributed by atoms with van der Waals surface area (Å²) in [7, 11) is 0. The first-order valence-electron chi connectivity index (χ1n) is 6.57. The van der Waals surface area contributed by atoms with E-state index in [1.807, 2.05) is 30.3 Å². The van der Waals surface area contributed by atoms with Crippen LogP contribution in [0.25, 0.3) is 10.9 Å². The van der Waals surface area contributed by atoms with Gasteiger partial charge in [0.1, 0.15) is 5.69 Å². The van der Waals surface area contributed by atoms with Crippen molar-refractivity contribution in [1.29, 1.82) is 0 Å². The molecule has 21 heavy (non-hydrogen) atoms. The summed E-state index contributed by atoms with van der Waals surface area (Å²) in [4.78, 5) is 15.6. The van der Waals surface area contributed by atoms with Crippen molar-refractivity contribution in [2.24, 2.45) is 0 Å². The number of aromatic carboxylic acids is 1. The zero-order chi connectivity index (χ0) is 14.8. The Morgan fingerprint density at radius 1 is 1.29 bits per heavy atom. The van der Waals surface area contributed by atoms with Gasteiger partial charge in [-0.05, 0) is 40.0 Å². The zero-order valence-corrected chi connectivity index (χ0v) is 12.7. The Morgan fingerprint density at radius 2 is 2.10 bits per heavy atom. The molecule has 0 aliphatic rings. The molecule has 2 heterocycles. The first-order valence-corrected chi connectivity index (χ1v) is 7.36. The minimum absolute atomic E-state index is 0.287. The second kappa shape index (κ2) is 5.69. The van der Waals surface area contributed by atoms with Gasteiger partial charge in [-0.3, -0.25) is 4.98 Å². The highest BCUT2D eigenvalue weighted by atomic mass is 79.9. The molecule has 0 fully saturated rings. The van der Waals surface area contributed by atoms with E-state index in [2.05, 4.69) is 20.9 Å². The lowest BCUT2D eigenvalue weighted by molar-refractivity contribution is 0.0685. The van der Waals surface area contributed by atoms with Crippen LogP contribution in [0, 0.1) is 0 Å². The average molecular weight is 345 g/mol. The minimum atomic E-state index is -0.920. The summed E-state index contributed by atoms with van der Waals surface area (Å²) in [6, 6.07) is 11.6. The topological polar surface area (TPSA) is 55.1 Å². The lowest BCUT2D eigenvalue weighted by atomic mass is 10.1. The molecule has 3 rings (SSSR count). The summed E-state index contributed by atoms with van der Waals surface area (Å²) in [5.41, 5.74) is 2.38. The van der Waals surface area contributed by atoms with E-state index in [9.17, 15) is 9.90 Å². The number of hydrogen-bond acceptors (Lipinski definition) is 2. The molecule has 0 spiro atoms. The summed E-state index contributed by atoms with van der Waals surface area (Å²) < 4.78 is 2.52. The number of carboxylic acids is 1. The number of pyridine rings is 1. The van der Waals surface area contributed by atoms with Crippen molar-refractivity contribution < 1.29 is 9.90 Å². The van der Waals surface area contributed by atoms with Crippen LogP contribution in [-0.4, -0.2) is 20.6 Å². The van der Waals surface area contributed by atoms with Gasteiger partial charge in [-0.1, -0.05) is 24.3 Å². The fourth-order valence-corrected chi connectivity index (χ4v) is 2.91. The van der Waals surface area contributed by atoms with Crippen molar-refractivity contribution >= 4 is 32.8 Å². The van der Waals surface area contributed by atoms with E-state index in [0.29, 0.717) is 6.54 Å². The quantitative estimate of drug-likeness (QED) is 0.784. The Labute approximate surface area is 130 Å². The molecule has 1 N–H and O–H groups in total. The van der Waals surface area contributed by atoms with Crippen LogP contribution in [0.2, 0.25) is 0 Å². The molecular weight excluding hydrogens is 332 g/mol. The third-order valence-electron chi connectivity index (χ3n) is 3.42. The fourth-order valence-electron chi connectivity index (χ4n) is 2.45. The second-order valence-electron chi connectivity index (χ2n) is 4.78. The zero-order valence-electron chi connectivity index (χ0n) is 11.2. The summed E-state index contributed by atoms with van der Waals surface area (Å²) >= 11 is 3.32. The van der Waals surface area contributed by atoms with Crippen LogP contribution >= 0.6 is 15.9 Å². The van der Waals surface area contributed by atoms with E-state index in [-0.39, 0.29) is 5.69 Å². The van der Waals surface area contributed by atoms with Crippen LogP contribution in [0.3, 0.4) is 0 Å². The van der Waals surface area contributed by atoms with E-state index in [4.69, 9.17) is 0 Å². The average Bonchev–Trinajstić information content (AvgIpc) is 2.86. The van der Waals surface area contributed by atoms with Gasteiger partial charge in [0.2, 0.25) is 0 Å². The lowest BCUT2D eigenvalue weighted by Gasteiger charge is -2.08. The highest BCUT2D eigenvalue weighted by molar-refractivity contribution is 9.10. The number of nitrogens with zero attached hydrogens (tertiary/aromatic N) is 2. The number of rotatable bonds is 4. The molecule has 0 saturated heterocycles. The number of carboxylic acid groups (broad SMARTS) is 1. The molecular formula is C16H13BrN2O2. The summed E-state index contributed by atoms with van der Waals surface area (Å²) in [5.74, 6) is -0.920. The largest absolute Gasteiger partial charge is 0.477 e. The fraction of sp³-hybridized carbons (Fsp3) is 0.125. The van der Waals surface area contributed by atoms with Crippen LogP contribution in [-0.2, 0) is 13.0 Å². The van der Waals surface area contributed by atoms with E-state index in [0.717, 1.165) is 27.4 Å². The van der Waals surface area contributed by atoms with E-state index in [1.54, 1.807) is 23.0 Å². The molecule has 0 amide bonds. The lowest BCUT2D eigenvalue weighted by Crippen LogP contribution is -2.09. The molecule has 0 atom stereocenters. The van der Waals surface area contributed by atoms with Gasteiger partial charge in [0, 0.05) is 28.8 Å². The van der Waals surface area contributed by atoms with Crippen LogP contribution in [0.5, 0.6) is 0 Å². The predicted molar refractivity (Wildman–Crippen MR) is 84.5 cm³/mol. The molecule has 0 aliphatic carbocycles. The van der Waals surface area contributed by atoms with Gasteiger partial charge < -0.3 is 9.67 Å². The molecule has 0 unspecified atom stereocenters. The Bertz CT molecular complexity index is 806. The van der Waals surface area contributed by atoms with E-state index >= 15 is 0 Å². The molecule has 0 saturated carbocycles. The standard InChI is InChI=1S/C16H13BrN2O2/c17-13-9-14(16(20)21)19(10-13)8-6-12-4-1-3-11-5-2-7-18-15(11)12/h1-5,7,9-10H,6,8H2,(H,20,21). The van der Waals surface area contributed by atoms with Crippen molar-refractivity contribution in [2.75, 3.05) is 0 Å². The molecule has 0 radical (unpaired) electrons. The number of aryl methyl sites for hydroxylation is 2. The molecule has 5 heteroatoms. The summed E-state index contributed by atoms with van der Waals surface area (Å²) in [6.45, 7) is 0.600. The number of halogens is 1. The maximum absolute atomic E-state index is 11.2. The Hall–Kier alpha value is -2.14. The molecule has 1 aromatic carbocycles. The monoisotopic (exact) mass is 344 g/mol. The number of fused-ring (bicyclic) bond motifs is 1. The van der Waals surface area contributed by atoms with Crippen LogP contribution in [0.15, 0.2) is 53.3 Å². The van der Waals surface area contributed by atoms with Gasteiger partial charge in [-0.25, -0.2) is 4.79 Å². The smallest absolute Gasteiger partial charge is 0.352 e. The second-order valence-corrected chi connectivity index (χ2v) is 5.70. The molecule has 0 bridgehead atoms. The number of benzene rings is 1. The van der Waals surface area contributed by atoms with Gasteiger partial charge in [0.15, 0.2) is 0 Å². The van der Waals surface area contributed by atoms with Gasteiger partial charge in [-0.15, -0.1) is 0 Å². The van der Waals surface area contributed by atoms with Crippen molar-refractivity contribution in [1.82, 2.24) is 9.55 Å². The minimum Gasteiger partial charge on any atom is -0.477 e. The number of aromatic nitrogens is 2. The Kier molecular flexibility index (Phi) is 3.75. The van der Waals surface area contributed by atoms with Gasteiger partial charge >= 0.3 is 5.97 Å². The molecule has 106 valence electrons. The number of carbonyl (C=O) groups is 1. The predicted octanol–water partition coefficient (Wildman–Crippen LogP) is 3.74. The van der Waals surface area contributed by atoms with Crippen molar-refractivity contribution in [2.45, 2.75) is 13.0 Å². The third-order valence-corrected chi connectivity index (χ3v) is 3.85. The van der Waals surface area contributed by atoms with Crippen LogP contribution in [0.4, 0.5) is 0 Å². The van der Waals surface area contributed by atoms with Gasteiger partial charge in [0.05, 0.1) is 5.52 Å². The molecule has 4 nitrogen and oxygen atoms in total. The first kappa shape index (κ1) is 13.8. The van der Waals surface area contributed by atoms with Gasteiger partial charge in [0.25, 0.3) is 0 Å². The third kappa shape index (κ3) is 2.83. The Morgan fingerprint density at radius 3 is 2.90 bits per heavy atom. The summed E-state index contributed by atoms with van der Waals surface area (Å²) in [5, 5.41) is 10.3. The first-order chi connectivity index (χ1) is 10.1. The molecule has 0 aliphatic heterocycles. The summed E-state index contributed by atoms with van der Waals surface area (Å²) in [6.07, 6.45) is 4.30. The van der Waals surface area contributed by atoms with Crippen molar-refractivity contribution in [3.63, 3.8) is 0 Å². The maximum atomic E-state index is 11.2. The van der Waals surface area contributed by atoms with Crippen molar-refractivity contribution in [3.8, 4) is 0 Å². The number of hydrogen-bond donors (Lipinski definition) is 1. The van der Waals surface area contributed by atoms with Gasteiger partial charge in [-0.2, -0.15) is 0 Å². The highest BCUT2D eigenvalue weighted by Gasteiger charge is 2.12. The molecule has 2 aromatic heterocycles. The van der Waals surface area contributed by atoms with Crippen LogP contribution < -0.4 is 0 Å². The SMILES string of the molecule is O=C(O)c1cc(Br)cn1CCc1cccc2cccnc12. The highest BCUT2D eigenvalue weighted by Crippen LogP contribution is 2.19. The van der Waals surface area contributed by atoms with E-state index in [1.165, 1.54) is 0 Å². The maximum Gasteiger partial charge on any atom is 0.352 e. The number of para-hydroxylation sites is 1. The van der Waals surface area contributed by atoms with Crippen LogP contribution in [0.1, 0.15) is 16.1 Å². The Balaban J connectivity index is 1.89. The molecule has 3 aromatic rings.